The topological polar surface area (TPSA) is 115 Å². The van der Waals surface area contributed by atoms with Crippen LogP contribution in [0.1, 0.15) is 21.6 Å². The van der Waals surface area contributed by atoms with Crippen LogP contribution in [0.5, 0.6) is 17.2 Å². The number of anilines is 1. The van der Waals surface area contributed by atoms with E-state index in [0.717, 1.165) is 0 Å². The van der Waals surface area contributed by atoms with Gasteiger partial charge in [-0.15, -0.1) is 0 Å². The van der Waals surface area contributed by atoms with Crippen LogP contribution in [0.15, 0.2) is 64.1 Å². The summed E-state index contributed by atoms with van der Waals surface area (Å²) in [4.78, 5) is 22.3. The molecule has 0 atom stereocenters. The van der Waals surface area contributed by atoms with Crippen LogP contribution in [-0.4, -0.2) is 37.3 Å². The van der Waals surface area contributed by atoms with Gasteiger partial charge in [0.15, 0.2) is 5.58 Å². The average Bonchev–Trinajstić information content (AvgIpc) is 2.88. The van der Waals surface area contributed by atoms with Gasteiger partial charge in [-0.3, -0.25) is 9.78 Å². The van der Waals surface area contributed by atoms with Crippen molar-refractivity contribution in [2.75, 3.05) is 26.6 Å². The van der Waals surface area contributed by atoms with Gasteiger partial charge in [0.25, 0.3) is 5.91 Å². The molecule has 0 aliphatic heterocycles. The molecule has 0 aliphatic carbocycles. The Kier molecular flexibility index (Phi) is 6.98. The maximum absolute atomic E-state index is 13.5. The number of hydrogen-bond donors (Lipinski definition) is 2. The van der Waals surface area contributed by atoms with Crippen molar-refractivity contribution in [3.05, 3.63) is 77.1 Å². The van der Waals surface area contributed by atoms with E-state index in [1.54, 1.807) is 61.7 Å². The highest BCUT2D eigenvalue weighted by Crippen LogP contribution is 2.28. The molecule has 4 rings (SSSR count). The van der Waals surface area contributed by atoms with Crippen LogP contribution in [0.2, 0.25) is 0 Å². The molecular formula is C26H25N3O6. The number of hydrogen-bond acceptors (Lipinski definition) is 8. The predicted molar refractivity (Wildman–Crippen MR) is 130 cm³/mol. The predicted octanol–water partition coefficient (Wildman–Crippen LogP) is 4.14. The van der Waals surface area contributed by atoms with Gasteiger partial charge in [0.05, 0.1) is 45.0 Å². The summed E-state index contributed by atoms with van der Waals surface area (Å²) in [5, 5.41) is 13.2. The zero-order valence-corrected chi connectivity index (χ0v) is 19.8. The monoisotopic (exact) mass is 475 g/mol. The highest BCUT2D eigenvalue weighted by molar-refractivity contribution is 6.06. The zero-order valence-electron chi connectivity index (χ0n) is 19.8. The Morgan fingerprint density at radius 1 is 1.06 bits per heavy atom. The first-order chi connectivity index (χ1) is 17.0. The fourth-order valence-electron chi connectivity index (χ4n) is 3.57. The SMILES string of the molecule is COc1cc(N=c2oc3c(C)ncc(CO)c3cc2C(=O)Nc2ccccc2OC)cc(OC)c1. The van der Waals surface area contributed by atoms with E-state index in [-0.39, 0.29) is 17.7 Å². The Labute approximate surface area is 201 Å². The van der Waals surface area contributed by atoms with Crippen molar-refractivity contribution in [3.63, 3.8) is 0 Å². The highest BCUT2D eigenvalue weighted by atomic mass is 16.5. The molecule has 0 saturated heterocycles. The molecule has 9 nitrogen and oxygen atoms in total. The minimum absolute atomic E-state index is 0.0557. The van der Waals surface area contributed by atoms with Gasteiger partial charge in [-0.05, 0) is 25.1 Å². The number of amides is 1. The number of aliphatic hydroxyl groups is 1. The number of carbonyl (C=O) groups excluding carboxylic acids is 1. The summed E-state index contributed by atoms with van der Waals surface area (Å²) in [6.07, 6.45) is 1.55. The summed E-state index contributed by atoms with van der Waals surface area (Å²) in [7, 11) is 4.60. The van der Waals surface area contributed by atoms with Crippen LogP contribution in [-0.2, 0) is 6.61 Å². The second-order valence-corrected chi connectivity index (χ2v) is 7.57. The molecule has 4 aromatic rings. The normalized spacial score (nSPS) is 11.4. The second kappa shape index (κ2) is 10.3. The molecule has 0 spiro atoms. The zero-order chi connectivity index (χ0) is 24.9. The van der Waals surface area contributed by atoms with E-state index in [1.165, 1.54) is 21.3 Å². The summed E-state index contributed by atoms with van der Waals surface area (Å²) < 4.78 is 22.1. The van der Waals surface area contributed by atoms with E-state index in [0.29, 0.717) is 50.8 Å². The van der Waals surface area contributed by atoms with Crippen molar-refractivity contribution in [2.45, 2.75) is 13.5 Å². The minimum Gasteiger partial charge on any atom is -0.497 e. The van der Waals surface area contributed by atoms with E-state index < -0.39 is 5.91 Å². The van der Waals surface area contributed by atoms with Gasteiger partial charge in [0, 0.05) is 35.3 Å². The Balaban J connectivity index is 1.95. The van der Waals surface area contributed by atoms with Gasteiger partial charge in [0.2, 0.25) is 5.55 Å². The van der Waals surface area contributed by atoms with E-state index >= 15 is 0 Å². The molecule has 2 heterocycles. The summed E-state index contributed by atoms with van der Waals surface area (Å²) >= 11 is 0. The third-order valence-corrected chi connectivity index (χ3v) is 5.39. The quantitative estimate of drug-likeness (QED) is 0.413. The number of methoxy groups -OCH3 is 3. The standard InChI is InChI=1S/C26H25N3O6/c1-15-24-20(16(14-30)13-27-15)12-21(25(31)29-22-7-5-6-8-23(22)34-4)26(35-24)28-17-9-18(32-2)11-19(10-17)33-3/h5-13,30H,14H2,1-4H3,(H,29,31). The van der Waals surface area contributed by atoms with Crippen LogP contribution in [0.3, 0.4) is 0 Å². The smallest absolute Gasteiger partial charge is 0.261 e. The number of benzene rings is 2. The number of ether oxygens (including phenoxy) is 3. The van der Waals surface area contributed by atoms with Crippen molar-refractivity contribution >= 4 is 28.3 Å². The van der Waals surface area contributed by atoms with Crippen LogP contribution in [0.25, 0.3) is 11.0 Å². The number of para-hydroxylation sites is 2. The summed E-state index contributed by atoms with van der Waals surface area (Å²) in [6, 6.07) is 13.8. The van der Waals surface area contributed by atoms with Crippen molar-refractivity contribution in [3.8, 4) is 17.2 Å². The number of carbonyl (C=O) groups is 1. The minimum atomic E-state index is -0.466. The van der Waals surface area contributed by atoms with Crippen LogP contribution < -0.4 is 25.1 Å². The Morgan fingerprint density at radius 3 is 2.43 bits per heavy atom. The number of aromatic nitrogens is 1. The van der Waals surface area contributed by atoms with Crippen molar-refractivity contribution in [1.29, 1.82) is 0 Å². The molecule has 0 unspecified atom stereocenters. The molecule has 180 valence electrons. The first-order valence-corrected chi connectivity index (χ1v) is 10.7. The maximum Gasteiger partial charge on any atom is 0.261 e. The molecule has 1 amide bonds. The molecule has 0 saturated carbocycles. The summed E-state index contributed by atoms with van der Waals surface area (Å²) in [6.45, 7) is 1.51. The number of pyridine rings is 1. The van der Waals surface area contributed by atoms with Crippen LogP contribution in [0, 0.1) is 6.92 Å². The third-order valence-electron chi connectivity index (χ3n) is 5.39. The lowest BCUT2D eigenvalue weighted by Crippen LogP contribution is -2.22. The largest absolute Gasteiger partial charge is 0.497 e. The molecule has 0 radical (unpaired) electrons. The molecule has 2 aromatic carbocycles. The van der Waals surface area contributed by atoms with Crippen molar-refractivity contribution in [2.24, 2.45) is 4.99 Å². The lowest BCUT2D eigenvalue weighted by atomic mass is 10.1. The van der Waals surface area contributed by atoms with Gasteiger partial charge in [-0.25, -0.2) is 4.99 Å². The van der Waals surface area contributed by atoms with Crippen molar-refractivity contribution < 1.29 is 28.5 Å². The number of nitrogens with zero attached hydrogens (tertiary/aromatic N) is 2. The third kappa shape index (κ3) is 4.95. The summed E-state index contributed by atoms with van der Waals surface area (Å²) in [5.41, 5.74) is 2.69. The van der Waals surface area contributed by atoms with Crippen LogP contribution in [0.4, 0.5) is 11.4 Å². The number of aryl methyl sites for hydroxylation is 1. The van der Waals surface area contributed by atoms with E-state index in [1.807, 2.05) is 0 Å². The van der Waals surface area contributed by atoms with Crippen LogP contribution >= 0.6 is 0 Å². The molecule has 0 fully saturated rings. The fourth-order valence-corrected chi connectivity index (χ4v) is 3.57. The van der Waals surface area contributed by atoms with Gasteiger partial charge >= 0.3 is 0 Å². The fraction of sp³-hybridized carbons (Fsp3) is 0.192. The molecular weight excluding hydrogens is 450 g/mol. The van der Waals surface area contributed by atoms with Gasteiger partial charge in [-0.1, -0.05) is 12.1 Å². The summed E-state index contributed by atoms with van der Waals surface area (Å²) in [5.74, 6) is 1.10. The number of nitrogens with one attached hydrogen (secondary N) is 1. The van der Waals surface area contributed by atoms with Gasteiger partial charge in [0.1, 0.15) is 22.8 Å². The Hall–Kier alpha value is -4.37. The first kappa shape index (κ1) is 23.8. The molecule has 2 aromatic heterocycles. The highest BCUT2D eigenvalue weighted by Gasteiger charge is 2.18. The molecule has 35 heavy (non-hydrogen) atoms. The van der Waals surface area contributed by atoms with E-state index in [4.69, 9.17) is 18.6 Å². The molecule has 0 bridgehead atoms. The Bertz CT molecular complexity index is 1440. The molecule has 0 aliphatic rings. The van der Waals surface area contributed by atoms with E-state index in [2.05, 4.69) is 15.3 Å². The second-order valence-electron chi connectivity index (χ2n) is 7.57. The number of rotatable bonds is 7. The lowest BCUT2D eigenvalue weighted by Gasteiger charge is -2.12. The average molecular weight is 476 g/mol. The van der Waals surface area contributed by atoms with E-state index in [9.17, 15) is 9.90 Å². The first-order valence-electron chi connectivity index (χ1n) is 10.7. The number of fused-ring (bicyclic) bond motifs is 1. The number of aliphatic hydroxyl groups excluding tert-OH is 1. The maximum atomic E-state index is 13.5. The van der Waals surface area contributed by atoms with Gasteiger partial charge in [-0.2, -0.15) is 0 Å². The van der Waals surface area contributed by atoms with Crippen molar-refractivity contribution in [1.82, 2.24) is 4.98 Å². The lowest BCUT2D eigenvalue weighted by molar-refractivity contribution is 0.102. The van der Waals surface area contributed by atoms with Gasteiger partial charge < -0.3 is 29.1 Å². The molecule has 9 heteroatoms. The molecule has 2 N–H and O–H groups in total. The Morgan fingerprint density at radius 2 is 1.77 bits per heavy atom.